The van der Waals surface area contributed by atoms with Crippen molar-refractivity contribution in [3.8, 4) is 0 Å². The molecule has 15 heavy (non-hydrogen) atoms. The predicted octanol–water partition coefficient (Wildman–Crippen LogP) is 1.59. The largest absolute Gasteiger partial charge is 0.396 e. The van der Waals surface area contributed by atoms with Gasteiger partial charge in [-0.1, -0.05) is 22.6 Å². The number of alkyl halides is 1. The molecule has 0 bridgehead atoms. The summed E-state index contributed by atoms with van der Waals surface area (Å²) in [4.78, 5) is 0. The molecule has 2 unspecified atom stereocenters. The molecule has 0 aromatic rings. The van der Waals surface area contributed by atoms with Crippen LogP contribution in [0, 0.1) is 0 Å². The van der Waals surface area contributed by atoms with Gasteiger partial charge in [0.05, 0.1) is 25.9 Å². The zero-order chi connectivity index (χ0) is 11.5. The average molecular weight is 332 g/mol. The summed E-state index contributed by atoms with van der Waals surface area (Å²) in [5.41, 5.74) is 0. The van der Waals surface area contributed by atoms with Gasteiger partial charge >= 0.3 is 0 Å². The normalized spacial score (nSPS) is 15.2. The van der Waals surface area contributed by atoms with Crippen LogP contribution >= 0.6 is 22.6 Å². The summed E-state index contributed by atoms with van der Waals surface area (Å²) >= 11 is 2.24. The highest BCUT2D eigenvalue weighted by atomic mass is 127. The number of aliphatic hydroxyl groups is 1. The standard InChI is InChI=1S/C10H21IO4/c1-9(3-5-12)14-6-4-10(11)15-8-7-13-2/h9-10,12H,3-8H2,1-2H3. The highest BCUT2D eigenvalue weighted by Crippen LogP contribution is 2.09. The van der Waals surface area contributed by atoms with Gasteiger partial charge in [0.1, 0.15) is 4.11 Å². The van der Waals surface area contributed by atoms with Gasteiger partial charge in [0.25, 0.3) is 0 Å². The second-order valence-corrected chi connectivity index (χ2v) is 4.65. The Morgan fingerprint density at radius 3 is 2.47 bits per heavy atom. The number of ether oxygens (including phenoxy) is 3. The van der Waals surface area contributed by atoms with Crippen molar-refractivity contribution in [2.24, 2.45) is 0 Å². The van der Waals surface area contributed by atoms with E-state index in [4.69, 9.17) is 19.3 Å². The summed E-state index contributed by atoms with van der Waals surface area (Å²) in [6, 6.07) is 0. The van der Waals surface area contributed by atoms with Crippen molar-refractivity contribution >= 4 is 22.6 Å². The Labute approximate surface area is 105 Å². The lowest BCUT2D eigenvalue weighted by molar-refractivity contribution is 0.0167. The second-order valence-electron chi connectivity index (χ2n) is 3.26. The van der Waals surface area contributed by atoms with Crippen LogP contribution in [0.3, 0.4) is 0 Å². The molecule has 0 fully saturated rings. The van der Waals surface area contributed by atoms with Crippen LogP contribution < -0.4 is 0 Å². The Bertz CT molecular complexity index is 135. The van der Waals surface area contributed by atoms with Crippen molar-refractivity contribution in [1.82, 2.24) is 0 Å². The van der Waals surface area contributed by atoms with Crippen LogP contribution in [0.5, 0.6) is 0 Å². The molecule has 0 aliphatic rings. The van der Waals surface area contributed by atoms with Crippen LogP contribution in [-0.4, -0.2) is 48.9 Å². The Hall–Kier alpha value is 0.570. The summed E-state index contributed by atoms with van der Waals surface area (Å²) in [7, 11) is 1.66. The molecule has 0 heterocycles. The third-order valence-electron chi connectivity index (χ3n) is 1.87. The molecule has 0 aromatic heterocycles. The van der Waals surface area contributed by atoms with Gasteiger partial charge in [0.15, 0.2) is 0 Å². The van der Waals surface area contributed by atoms with Crippen molar-refractivity contribution in [1.29, 1.82) is 0 Å². The lowest BCUT2D eigenvalue weighted by Crippen LogP contribution is -2.16. The lowest BCUT2D eigenvalue weighted by atomic mass is 10.3. The highest BCUT2D eigenvalue weighted by molar-refractivity contribution is 14.1. The van der Waals surface area contributed by atoms with Gasteiger partial charge in [0, 0.05) is 20.1 Å². The molecule has 0 amide bonds. The van der Waals surface area contributed by atoms with E-state index in [1.807, 2.05) is 6.92 Å². The number of methoxy groups -OCH3 is 1. The Balaban J connectivity index is 3.26. The average Bonchev–Trinajstić information content (AvgIpc) is 2.18. The molecule has 0 aliphatic carbocycles. The first-order valence-corrected chi connectivity index (χ1v) is 6.42. The zero-order valence-corrected chi connectivity index (χ0v) is 11.6. The summed E-state index contributed by atoms with van der Waals surface area (Å²) in [5.74, 6) is 0. The lowest BCUT2D eigenvalue weighted by Gasteiger charge is -2.14. The molecule has 0 saturated carbocycles. The van der Waals surface area contributed by atoms with Crippen LogP contribution in [0.25, 0.3) is 0 Å². The fraction of sp³-hybridized carbons (Fsp3) is 1.00. The fourth-order valence-electron chi connectivity index (χ4n) is 0.970. The molecule has 1 N–H and O–H groups in total. The predicted molar refractivity (Wildman–Crippen MR) is 67.4 cm³/mol. The van der Waals surface area contributed by atoms with Crippen molar-refractivity contribution in [2.75, 3.05) is 33.5 Å². The summed E-state index contributed by atoms with van der Waals surface area (Å²) in [6.07, 6.45) is 1.67. The Kier molecular flexibility index (Phi) is 11.5. The van der Waals surface area contributed by atoms with Gasteiger partial charge < -0.3 is 19.3 Å². The van der Waals surface area contributed by atoms with Crippen molar-refractivity contribution < 1.29 is 19.3 Å². The van der Waals surface area contributed by atoms with E-state index in [2.05, 4.69) is 22.6 Å². The summed E-state index contributed by atoms with van der Waals surface area (Å²) in [6.45, 7) is 4.06. The molecule has 2 atom stereocenters. The van der Waals surface area contributed by atoms with E-state index in [0.717, 1.165) is 6.42 Å². The van der Waals surface area contributed by atoms with E-state index >= 15 is 0 Å². The Morgan fingerprint density at radius 1 is 1.13 bits per heavy atom. The number of hydrogen-bond donors (Lipinski definition) is 1. The number of rotatable bonds is 10. The number of halogens is 1. The van der Waals surface area contributed by atoms with Crippen molar-refractivity contribution in [3.63, 3.8) is 0 Å². The van der Waals surface area contributed by atoms with E-state index in [0.29, 0.717) is 26.2 Å². The zero-order valence-electron chi connectivity index (χ0n) is 9.45. The van der Waals surface area contributed by atoms with E-state index in [9.17, 15) is 0 Å². The molecule has 0 spiro atoms. The van der Waals surface area contributed by atoms with E-state index in [1.165, 1.54) is 0 Å². The first-order chi connectivity index (χ1) is 7.20. The van der Waals surface area contributed by atoms with Gasteiger partial charge in [-0.15, -0.1) is 0 Å². The fourth-order valence-corrected chi connectivity index (χ4v) is 1.48. The molecule has 0 rings (SSSR count). The smallest absolute Gasteiger partial charge is 0.111 e. The molecule has 4 nitrogen and oxygen atoms in total. The highest BCUT2D eigenvalue weighted by Gasteiger charge is 2.06. The number of hydrogen-bond acceptors (Lipinski definition) is 4. The van der Waals surface area contributed by atoms with E-state index in [-0.39, 0.29) is 16.8 Å². The van der Waals surface area contributed by atoms with Gasteiger partial charge in [-0.2, -0.15) is 0 Å². The Morgan fingerprint density at radius 2 is 1.87 bits per heavy atom. The summed E-state index contributed by atoms with van der Waals surface area (Å²) < 4.78 is 16.0. The molecular weight excluding hydrogens is 311 g/mol. The minimum atomic E-state index is 0.123. The van der Waals surface area contributed by atoms with E-state index in [1.54, 1.807) is 7.11 Å². The van der Waals surface area contributed by atoms with Crippen LogP contribution in [0.4, 0.5) is 0 Å². The van der Waals surface area contributed by atoms with Crippen LogP contribution in [0.2, 0.25) is 0 Å². The molecule has 0 radical (unpaired) electrons. The molecule has 0 aliphatic heterocycles. The molecule has 92 valence electrons. The maximum absolute atomic E-state index is 8.67. The third-order valence-corrected chi connectivity index (χ3v) is 2.85. The van der Waals surface area contributed by atoms with Crippen molar-refractivity contribution in [3.05, 3.63) is 0 Å². The van der Waals surface area contributed by atoms with Crippen molar-refractivity contribution in [2.45, 2.75) is 30.0 Å². The van der Waals surface area contributed by atoms with E-state index < -0.39 is 0 Å². The summed E-state index contributed by atoms with van der Waals surface area (Å²) in [5, 5.41) is 8.67. The molecule has 5 heteroatoms. The van der Waals surface area contributed by atoms with Crippen LogP contribution in [0.15, 0.2) is 0 Å². The van der Waals surface area contributed by atoms with Gasteiger partial charge in [-0.05, 0) is 13.3 Å². The maximum Gasteiger partial charge on any atom is 0.111 e. The first-order valence-electron chi connectivity index (χ1n) is 5.17. The molecule has 0 saturated heterocycles. The number of aliphatic hydroxyl groups excluding tert-OH is 1. The minimum Gasteiger partial charge on any atom is -0.396 e. The maximum atomic E-state index is 8.67. The monoisotopic (exact) mass is 332 g/mol. The van der Waals surface area contributed by atoms with Crippen LogP contribution in [-0.2, 0) is 14.2 Å². The van der Waals surface area contributed by atoms with Gasteiger partial charge in [-0.25, -0.2) is 0 Å². The van der Waals surface area contributed by atoms with Crippen LogP contribution in [0.1, 0.15) is 19.8 Å². The topological polar surface area (TPSA) is 47.9 Å². The quantitative estimate of drug-likeness (QED) is 0.375. The minimum absolute atomic E-state index is 0.123. The van der Waals surface area contributed by atoms with Gasteiger partial charge in [0.2, 0.25) is 0 Å². The second kappa shape index (κ2) is 11.1. The molecule has 0 aromatic carbocycles. The van der Waals surface area contributed by atoms with Gasteiger partial charge in [-0.3, -0.25) is 0 Å². The molecular formula is C10H21IO4. The first kappa shape index (κ1) is 15.6. The SMILES string of the molecule is COCCOC(I)CCOC(C)CCO. The third kappa shape index (κ3) is 10.8.